The van der Waals surface area contributed by atoms with Gasteiger partial charge in [0.2, 0.25) is 5.91 Å². The molecular weight excluding hydrogens is 482 g/mol. The number of benzene rings is 2. The first-order chi connectivity index (χ1) is 16.8. The van der Waals surface area contributed by atoms with E-state index < -0.39 is 0 Å². The number of thioether (sulfide) groups is 1. The third kappa shape index (κ3) is 7.32. The van der Waals surface area contributed by atoms with Crippen molar-refractivity contribution in [3.8, 4) is 0 Å². The van der Waals surface area contributed by atoms with Gasteiger partial charge in [0.25, 0.3) is 5.91 Å². The Morgan fingerprint density at radius 2 is 1.77 bits per heavy atom. The molecule has 1 atom stereocenters. The molecule has 1 unspecified atom stereocenters. The second kappa shape index (κ2) is 12.7. The maximum absolute atomic E-state index is 13.0. The van der Waals surface area contributed by atoms with Crippen LogP contribution in [0.15, 0.2) is 53.7 Å². The Bertz CT molecular complexity index is 1150. The van der Waals surface area contributed by atoms with Crippen molar-refractivity contribution in [1.29, 1.82) is 0 Å². The first-order valence-corrected chi connectivity index (χ1v) is 13.2. The highest BCUT2D eigenvalue weighted by molar-refractivity contribution is 7.99. The van der Waals surface area contributed by atoms with Crippen molar-refractivity contribution in [3.05, 3.63) is 70.5 Å². The van der Waals surface area contributed by atoms with Gasteiger partial charge in [0.05, 0.1) is 22.4 Å². The number of hydrogen-bond donors (Lipinski definition) is 2. The van der Waals surface area contributed by atoms with Crippen LogP contribution in [-0.2, 0) is 17.8 Å². The van der Waals surface area contributed by atoms with Crippen LogP contribution in [0.25, 0.3) is 0 Å². The number of aryl methyl sites for hydroxylation is 1. The molecule has 2 aromatic carbocycles. The molecule has 2 N–H and O–H groups in total. The molecule has 0 spiro atoms. The topological polar surface area (TPSA) is 88.9 Å². The Balaban J connectivity index is 1.71. The van der Waals surface area contributed by atoms with Crippen molar-refractivity contribution in [3.63, 3.8) is 0 Å². The molecule has 0 aliphatic rings. The van der Waals surface area contributed by atoms with Gasteiger partial charge >= 0.3 is 0 Å². The SMILES string of the molecule is CCc1ccc(NC(=O)CSc2nnc(C(CC(C)C)NC(=O)c3ccccc3Cl)n2CC)cc1. The fourth-order valence-corrected chi connectivity index (χ4v) is 4.73. The van der Waals surface area contributed by atoms with Crippen LogP contribution in [0, 0.1) is 5.92 Å². The van der Waals surface area contributed by atoms with E-state index >= 15 is 0 Å². The normalized spacial score (nSPS) is 11.9. The molecule has 0 saturated carbocycles. The Morgan fingerprint density at radius 1 is 1.06 bits per heavy atom. The van der Waals surface area contributed by atoms with E-state index in [0.29, 0.717) is 40.5 Å². The minimum absolute atomic E-state index is 0.114. The van der Waals surface area contributed by atoms with Gasteiger partial charge in [-0.3, -0.25) is 9.59 Å². The summed E-state index contributed by atoms with van der Waals surface area (Å²) in [7, 11) is 0. The highest BCUT2D eigenvalue weighted by atomic mass is 35.5. The molecule has 0 aliphatic carbocycles. The number of nitrogens with one attached hydrogen (secondary N) is 2. The largest absolute Gasteiger partial charge is 0.342 e. The molecule has 0 aliphatic heterocycles. The molecular formula is C26H32ClN5O2S. The van der Waals surface area contributed by atoms with E-state index in [1.54, 1.807) is 24.3 Å². The van der Waals surface area contributed by atoms with Crippen LogP contribution in [-0.4, -0.2) is 32.3 Å². The Kier molecular flexibility index (Phi) is 9.74. The number of carbonyl (C=O) groups is 2. The maximum atomic E-state index is 13.0. The van der Waals surface area contributed by atoms with E-state index in [9.17, 15) is 9.59 Å². The molecule has 1 heterocycles. The lowest BCUT2D eigenvalue weighted by Gasteiger charge is -2.21. The zero-order chi connectivity index (χ0) is 25.4. The predicted octanol–water partition coefficient (Wildman–Crippen LogP) is 5.76. The molecule has 35 heavy (non-hydrogen) atoms. The summed E-state index contributed by atoms with van der Waals surface area (Å²) < 4.78 is 1.95. The Labute approximate surface area is 216 Å². The summed E-state index contributed by atoms with van der Waals surface area (Å²) >= 11 is 7.55. The van der Waals surface area contributed by atoms with Crippen LogP contribution < -0.4 is 10.6 Å². The quantitative estimate of drug-likeness (QED) is 0.318. The molecule has 0 bridgehead atoms. The minimum Gasteiger partial charge on any atom is -0.342 e. The van der Waals surface area contributed by atoms with Gasteiger partial charge in [-0.25, -0.2) is 0 Å². The third-order valence-corrected chi connectivity index (χ3v) is 6.78. The summed E-state index contributed by atoms with van der Waals surface area (Å²) in [5.74, 6) is 0.815. The smallest absolute Gasteiger partial charge is 0.253 e. The summed E-state index contributed by atoms with van der Waals surface area (Å²) in [6.07, 6.45) is 1.64. The lowest BCUT2D eigenvalue weighted by atomic mass is 10.0. The Hall–Kier alpha value is -2.84. The number of aromatic nitrogens is 3. The van der Waals surface area contributed by atoms with Crippen LogP contribution in [0.3, 0.4) is 0 Å². The number of hydrogen-bond acceptors (Lipinski definition) is 5. The predicted molar refractivity (Wildman–Crippen MR) is 142 cm³/mol. The average Bonchev–Trinajstić information content (AvgIpc) is 3.25. The molecule has 0 radical (unpaired) electrons. The van der Waals surface area contributed by atoms with E-state index in [0.717, 1.165) is 12.1 Å². The van der Waals surface area contributed by atoms with Gasteiger partial charge in [0, 0.05) is 12.2 Å². The monoisotopic (exact) mass is 513 g/mol. The molecule has 3 aromatic rings. The van der Waals surface area contributed by atoms with Crippen molar-refractivity contribution in [2.75, 3.05) is 11.1 Å². The van der Waals surface area contributed by atoms with Crippen LogP contribution in [0.5, 0.6) is 0 Å². The van der Waals surface area contributed by atoms with Crippen molar-refractivity contribution < 1.29 is 9.59 Å². The van der Waals surface area contributed by atoms with E-state index in [2.05, 4.69) is 41.6 Å². The first-order valence-electron chi connectivity index (χ1n) is 11.8. The van der Waals surface area contributed by atoms with Crippen LogP contribution in [0.1, 0.15) is 61.9 Å². The summed E-state index contributed by atoms with van der Waals surface area (Å²) in [4.78, 5) is 25.5. The van der Waals surface area contributed by atoms with Gasteiger partial charge in [0.1, 0.15) is 0 Å². The fraction of sp³-hybridized carbons (Fsp3) is 0.385. The number of halogens is 1. The van der Waals surface area contributed by atoms with Gasteiger partial charge in [-0.05, 0) is 55.5 Å². The highest BCUT2D eigenvalue weighted by Gasteiger charge is 2.25. The highest BCUT2D eigenvalue weighted by Crippen LogP contribution is 2.26. The van der Waals surface area contributed by atoms with Gasteiger partial charge in [-0.1, -0.05) is 68.4 Å². The molecule has 2 amide bonds. The number of amides is 2. The average molecular weight is 514 g/mol. The van der Waals surface area contributed by atoms with Crippen molar-refractivity contribution in [2.45, 2.75) is 58.3 Å². The van der Waals surface area contributed by atoms with E-state index in [4.69, 9.17) is 11.6 Å². The second-order valence-corrected chi connectivity index (χ2v) is 9.96. The minimum atomic E-state index is -0.341. The van der Waals surface area contributed by atoms with Crippen molar-refractivity contribution in [2.24, 2.45) is 5.92 Å². The van der Waals surface area contributed by atoms with E-state index in [1.165, 1.54) is 17.3 Å². The standard InChI is InChI=1S/C26H32ClN5O2S/c1-5-18-11-13-19(14-12-18)28-23(33)16-35-26-31-30-24(32(26)6-2)22(15-17(3)4)29-25(34)20-9-7-8-10-21(20)27/h7-14,17,22H,5-6,15-16H2,1-4H3,(H,28,33)(H,29,34). The zero-order valence-electron chi connectivity index (χ0n) is 20.5. The van der Waals surface area contributed by atoms with Gasteiger partial charge in [-0.2, -0.15) is 0 Å². The van der Waals surface area contributed by atoms with Gasteiger partial charge < -0.3 is 15.2 Å². The van der Waals surface area contributed by atoms with Gasteiger partial charge in [0.15, 0.2) is 11.0 Å². The summed E-state index contributed by atoms with van der Waals surface area (Å²) in [6.45, 7) is 8.88. The molecule has 1 aromatic heterocycles. The van der Waals surface area contributed by atoms with Crippen LogP contribution in [0.2, 0.25) is 5.02 Å². The molecule has 0 fully saturated rings. The third-order valence-electron chi connectivity index (χ3n) is 5.48. The molecule has 9 heteroatoms. The van der Waals surface area contributed by atoms with Crippen LogP contribution in [0.4, 0.5) is 5.69 Å². The number of nitrogens with zero attached hydrogens (tertiary/aromatic N) is 3. The van der Waals surface area contributed by atoms with Crippen molar-refractivity contribution >= 4 is 40.9 Å². The lowest BCUT2D eigenvalue weighted by Crippen LogP contribution is -2.31. The molecule has 186 valence electrons. The summed E-state index contributed by atoms with van der Waals surface area (Å²) in [6, 6.07) is 14.5. The fourth-order valence-electron chi connectivity index (χ4n) is 3.69. The van der Waals surface area contributed by atoms with E-state index in [1.807, 2.05) is 35.8 Å². The maximum Gasteiger partial charge on any atom is 0.253 e. The summed E-state index contributed by atoms with van der Waals surface area (Å²) in [5.41, 5.74) is 2.41. The number of anilines is 1. The second-order valence-electron chi connectivity index (χ2n) is 8.61. The lowest BCUT2D eigenvalue weighted by molar-refractivity contribution is -0.113. The zero-order valence-corrected chi connectivity index (χ0v) is 22.1. The first kappa shape index (κ1) is 26.8. The number of carbonyl (C=O) groups excluding carboxylic acids is 2. The van der Waals surface area contributed by atoms with E-state index in [-0.39, 0.29) is 23.6 Å². The summed E-state index contributed by atoms with van der Waals surface area (Å²) in [5, 5.41) is 15.8. The molecule has 7 nitrogen and oxygen atoms in total. The Morgan fingerprint density at radius 3 is 2.40 bits per heavy atom. The molecule has 3 rings (SSSR count). The van der Waals surface area contributed by atoms with Gasteiger partial charge in [-0.15, -0.1) is 10.2 Å². The van der Waals surface area contributed by atoms with Crippen LogP contribution >= 0.6 is 23.4 Å². The number of rotatable bonds is 11. The molecule has 0 saturated heterocycles. The van der Waals surface area contributed by atoms with Crippen molar-refractivity contribution in [1.82, 2.24) is 20.1 Å².